The van der Waals surface area contributed by atoms with Gasteiger partial charge in [-0.15, -0.1) is 0 Å². The minimum absolute atomic E-state index is 0.197. The van der Waals surface area contributed by atoms with Crippen LogP contribution in [-0.4, -0.2) is 51.6 Å². The van der Waals surface area contributed by atoms with Gasteiger partial charge in [0, 0.05) is 33.0 Å². The summed E-state index contributed by atoms with van der Waals surface area (Å²) in [5, 5.41) is 3.26. The molecule has 0 atom stereocenters. The van der Waals surface area contributed by atoms with E-state index >= 15 is 0 Å². The monoisotopic (exact) mass is 510 g/mol. The third-order valence-corrected chi connectivity index (χ3v) is 6.92. The second-order valence-corrected chi connectivity index (χ2v) is 9.50. The van der Waals surface area contributed by atoms with Crippen molar-refractivity contribution in [3.8, 4) is 11.5 Å². The van der Waals surface area contributed by atoms with Gasteiger partial charge in [-0.1, -0.05) is 36.1 Å². The third kappa shape index (κ3) is 4.75. The average molecular weight is 511 g/mol. The van der Waals surface area contributed by atoms with Crippen LogP contribution in [0.4, 0.5) is 5.82 Å². The van der Waals surface area contributed by atoms with Crippen LogP contribution in [0.15, 0.2) is 52.3 Å². The van der Waals surface area contributed by atoms with Crippen LogP contribution in [0.5, 0.6) is 11.5 Å². The van der Waals surface area contributed by atoms with E-state index in [9.17, 15) is 9.59 Å². The number of anilines is 1. The van der Waals surface area contributed by atoms with E-state index in [2.05, 4.69) is 10.3 Å². The molecule has 0 unspecified atom stereocenters. The Labute approximate surface area is 210 Å². The molecule has 180 valence electrons. The molecule has 4 heterocycles. The maximum absolute atomic E-state index is 13.4. The molecule has 3 aromatic rings. The van der Waals surface area contributed by atoms with E-state index in [1.165, 1.54) is 21.1 Å². The average Bonchev–Trinajstić information content (AvgIpc) is 3.44. The highest BCUT2D eigenvalue weighted by Gasteiger charge is 2.32. The molecule has 0 spiro atoms. The minimum Gasteiger partial charge on any atom is -0.454 e. The summed E-state index contributed by atoms with van der Waals surface area (Å²) in [6.45, 7) is 1.58. The molecule has 2 aliphatic rings. The Kier molecular flexibility index (Phi) is 6.71. The number of pyridine rings is 1. The van der Waals surface area contributed by atoms with Crippen molar-refractivity contribution in [2.75, 3.05) is 32.4 Å². The van der Waals surface area contributed by atoms with Gasteiger partial charge in [-0.05, 0) is 42.3 Å². The molecule has 0 aliphatic carbocycles. The van der Waals surface area contributed by atoms with Gasteiger partial charge < -0.3 is 19.5 Å². The number of thiocarbonyl (C=S) groups is 1. The molecule has 1 saturated heterocycles. The zero-order valence-electron chi connectivity index (χ0n) is 18.9. The highest BCUT2D eigenvalue weighted by atomic mass is 32.2. The minimum atomic E-state index is -0.284. The van der Waals surface area contributed by atoms with Crippen LogP contribution in [0.25, 0.3) is 11.7 Å². The first kappa shape index (κ1) is 23.3. The molecule has 0 saturated carbocycles. The fraction of sp³-hybridized carbons (Fsp3) is 0.250. The quantitative estimate of drug-likeness (QED) is 0.278. The van der Waals surface area contributed by atoms with E-state index in [0.29, 0.717) is 58.3 Å². The van der Waals surface area contributed by atoms with Crippen molar-refractivity contribution in [2.24, 2.45) is 0 Å². The first-order chi connectivity index (χ1) is 17.0. The smallest absolute Gasteiger partial charge is 0.267 e. The molecular formula is C24H22N4O5S2. The first-order valence-corrected chi connectivity index (χ1v) is 12.2. The Balaban J connectivity index is 1.48. The van der Waals surface area contributed by atoms with Crippen molar-refractivity contribution in [3.63, 3.8) is 0 Å². The Hall–Kier alpha value is -3.41. The van der Waals surface area contributed by atoms with E-state index in [-0.39, 0.29) is 23.8 Å². The number of hydrogen-bond donors (Lipinski definition) is 1. The summed E-state index contributed by atoms with van der Waals surface area (Å²) in [6.07, 6.45) is 3.89. The van der Waals surface area contributed by atoms with Crippen LogP contribution in [0, 0.1) is 0 Å². The van der Waals surface area contributed by atoms with E-state index in [0.717, 1.165) is 5.56 Å². The van der Waals surface area contributed by atoms with Gasteiger partial charge in [0.15, 0.2) is 11.5 Å². The second-order valence-electron chi connectivity index (χ2n) is 7.83. The summed E-state index contributed by atoms with van der Waals surface area (Å²) in [5.74, 6) is 1.52. The highest BCUT2D eigenvalue weighted by molar-refractivity contribution is 8.26. The number of benzene rings is 1. The summed E-state index contributed by atoms with van der Waals surface area (Å²) in [6, 6.07) is 11.0. The molecule has 5 rings (SSSR count). The van der Waals surface area contributed by atoms with Gasteiger partial charge in [-0.25, -0.2) is 4.98 Å². The van der Waals surface area contributed by atoms with E-state index in [1.54, 1.807) is 31.5 Å². The molecule has 1 aromatic carbocycles. The largest absolute Gasteiger partial charge is 0.454 e. The predicted octanol–water partition coefficient (Wildman–Crippen LogP) is 3.27. The third-order valence-electron chi connectivity index (χ3n) is 5.55. The van der Waals surface area contributed by atoms with Gasteiger partial charge in [-0.2, -0.15) is 0 Å². The molecule has 0 radical (unpaired) electrons. The standard InChI is InChI=1S/C24H22N4O5S2/c1-31-10-4-9-28-23(30)19(35-24(28)34)12-16-21(26-20-5-2-3-8-27(20)22(16)29)25-13-15-6-7-17-18(11-15)33-14-32-17/h2-3,5-8,11-12,25H,4,9-10,13-14H2,1H3. The molecule has 1 N–H and O–H groups in total. The number of nitrogens with zero attached hydrogens (tertiary/aromatic N) is 3. The molecular weight excluding hydrogens is 488 g/mol. The second kappa shape index (κ2) is 10.1. The lowest BCUT2D eigenvalue weighted by molar-refractivity contribution is -0.122. The summed E-state index contributed by atoms with van der Waals surface area (Å²) in [7, 11) is 1.61. The molecule has 1 fully saturated rings. The summed E-state index contributed by atoms with van der Waals surface area (Å²) in [5.41, 5.74) is 1.43. The summed E-state index contributed by atoms with van der Waals surface area (Å²) >= 11 is 6.59. The van der Waals surface area contributed by atoms with Crippen LogP contribution in [0.2, 0.25) is 0 Å². The Morgan fingerprint density at radius 1 is 1.23 bits per heavy atom. The maximum atomic E-state index is 13.4. The number of thioether (sulfide) groups is 1. The number of rotatable bonds is 8. The zero-order valence-corrected chi connectivity index (χ0v) is 20.5. The molecule has 0 bridgehead atoms. The topological polar surface area (TPSA) is 94.4 Å². The van der Waals surface area contributed by atoms with E-state index < -0.39 is 0 Å². The number of amides is 1. The number of nitrogens with one attached hydrogen (secondary N) is 1. The summed E-state index contributed by atoms with van der Waals surface area (Å²) in [4.78, 5) is 33.0. The zero-order chi connectivity index (χ0) is 24.4. The number of carbonyl (C=O) groups is 1. The van der Waals surface area contributed by atoms with Crippen molar-refractivity contribution in [2.45, 2.75) is 13.0 Å². The highest BCUT2D eigenvalue weighted by Crippen LogP contribution is 2.34. The number of aromatic nitrogens is 2. The number of ether oxygens (including phenoxy) is 3. The van der Waals surface area contributed by atoms with Gasteiger partial charge in [0.1, 0.15) is 15.8 Å². The Bertz CT molecular complexity index is 1400. The van der Waals surface area contributed by atoms with Crippen LogP contribution in [0.1, 0.15) is 17.5 Å². The molecule has 35 heavy (non-hydrogen) atoms. The summed E-state index contributed by atoms with van der Waals surface area (Å²) < 4.78 is 17.8. The normalized spacial score (nSPS) is 16.0. The lowest BCUT2D eigenvalue weighted by Crippen LogP contribution is -2.29. The van der Waals surface area contributed by atoms with Gasteiger partial charge in [0.25, 0.3) is 11.5 Å². The van der Waals surface area contributed by atoms with E-state index in [4.69, 9.17) is 26.4 Å². The molecule has 9 nitrogen and oxygen atoms in total. The molecule has 2 aromatic heterocycles. The van der Waals surface area contributed by atoms with Gasteiger partial charge in [-0.3, -0.25) is 18.9 Å². The predicted molar refractivity (Wildman–Crippen MR) is 138 cm³/mol. The van der Waals surface area contributed by atoms with E-state index in [1.807, 2.05) is 24.3 Å². The van der Waals surface area contributed by atoms with Crippen molar-refractivity contribution < 1.29 is 19.0 Å². The van der Waals surface area contributed by atoms with Crippen LogP contribution < -0.4 is 20.3 Å². The number of hydrogen-bond acceptors (Lipinski definition) is 9. The van der Waals surface area contributed by atoms with Crippen molar-refractivity contribution in [1.29, 1.82) is 0 Å². The number of carbonyl (C=O) groups excluding carboxylic acids is 1. The fourth-order valence-corrected chi connectivity index (χ4v) is 5.09. The van der Waals surface area contributed by atoms with Crippen LogP contribution in [-0.2, 0) is 16.1 Å². The first-order valence-electron chi connectivity index (χ1n) is 10.9. The van der Waals surface area contributed by atoms with Gasteiger partial charge >= 0.3 is 0 Å². The molecule has 11 heteroatoms. The Morgan fingerprint density at radius 3 is 2.94 bits per heavy atom. The Morgan fingerprint density at radius 2 is 2.09 bits per heavy atom. The molecule has 2 aliphatic heterocycles. The van der Waals surface area contributed by atoms with Crippen molar-refractivity contribution in [3.05, 3.63) is 69.0 Å². The maximum Gasteiger partial charge on any atom is 0.267 e. The van der Waals surface area contributed by atoms with Crippen molar-refractivity contribution in [1.82, 2.24) is 14.3 Å². The van der Waals surface area contributed by atoms with Gasteiger partial charge in [0.05, 0.1) is 10.5 Å². The number of fused-ring (bicyclic) bond motifs is 2. The number of methoxy groups -OCH3 is 1. The lowest BCUT2D eigenvalue weighted by Gasteiger charge is -2.13. The van der Waals surface area contributed by atoms with Crippen LogP contribution in [0.3, 0.4) is 0 Å². The lowest BCUT2D eigenvalue weighted by atomic mass is 10.2. The fourth-order valence-electron chi connectivity index (χ4n) is 3.80. The van der Waals surface area contributed by atoms with Gasteiger partial charge in [0.2, 0.25) is 6.79 Å². The SMILES string of the molecule is COCCCN1C(=O)C(=Cc2c(NCc3ccc4c(c3)OCO4)nc3ccccn3c2=O)SC1=S. The van der Waals surface area contributed by atoms with Crippen LogP contribution >= 0.6 is 24.0 Å². The molecule has 1 amide bonds. The van der Waals surface area contributed by atoms with Crippen molar-refractivity contribution >= 4 is 51.7 Å².